The van der Waals surface area contributed by atoms with Gasteiger partial charge in [-0.25, -0.2) is 35.2 Å². The first-order chi connectivity index (χ1) is 21.9. The molecule has 0 spiro atoms. The summed E-state index contributed by atoms with van der Waals surface area (Å²) in [4.78, 5) is 20.5. The number of nitrogens with zero attached hydrogens (tertiary/aromatic N) is 2. The van der Waals surface area contributed by atoms with Gasteiger partial charge in [-0.2, -0.15) is 0 Å². The largest absolute Gasteiger partial charge is 0.383 e. The average Bonchev–Trinajstić information content (AvgIpc) is 3.64. The molecule has 0 aliphatic carbocycles. The molecule has 0 saturated carbocycles. The predicted molar refractivity (Wildman–Crippen MR) is 185 cm³/mol. The number of carbonyl (C=O) groups is 1. The van der Waals surface area contributed by atoms with Crippen LogP contribution in [0.3, 0.4) is 0 Å². The number of rotatable bonds is 8. The minimum absolute atomic E-state index is 0.223. The van der Waals surface area contributed by atoms with E-state index in [2.05, 4.69) is 9.97 Å². The van der Waals surface area contributed by atoms with Crippen molar-refractivity contribution in [1.82, 2.24) is 9.97 Å². The molecule has 250 valence electrons. The summed E-state index contributed by atoms with van der Waals surface area (Å²) >= 11 is 14.0. The highest BCUT2D eigenvalue weighted by molar-refractivity contribution is 7.91. The van der Waals surface area contributed by atoms with Gasteiger partial charge in [0, 0.05) is 48.0 Å². The first-order valence-electron chi connectivity index (χ1n) is 13.1. The topological polar surface area (TPSA) is 166 Å². The minimum atomic E-state index is -3.22. The van der Waals surface area contributed by atoms with Crippen LogP contribution in [0.15, 0.2) is 99.9 Å². The molecule has 0 saturated heterocycles. The van der Waals surface area contributed by atoms with Gasteiger partial charge in [-0.1, -0.05) is 59.6 Å². The van der Waals surface area contributed by atoms with E-state index in [0.29, 0.717) is 42.5 Å². The second kappa shape index (κ2) is 16.4. The summed E-state index contributed by atoms with van der Waals surface area (Å²) in [5, 5.41) is 10.1. The van der Waals surface area contributed by atoms with E-state index < -0.39 is 35.6 Å². The second-order valence-electron chi connectivity index (χ2n) is 9.89. The Kier molecular flexibility index (Phi) is 13.4. The van der Waals surface area contributed by atoms with Crippen LogP contribution in [0.4, 0.5) is 0 Å². The van der Waals surface area contributed by atoms with Crippen molar-refractivity contribution in [3.05, 3.63) is 121 Å². The molecule has 47 heavy (non-hydrogen) atoms. The van der Waals surface area contributed by atoms with Crippen LogP contribution in [-0.4, -0.2) is 65.4 Å². The number of thiazole rings is 2. The van der Waals surface area contributed by atoms with Crippen LogP contribution in [0.25, 0.3) is 0 Å². The van der Waals surface area contributed by atoms with E-state index in [1.54, 1.807) is 30.5 Å². The van der Waals surface area contributed by atoms with Crippen molar-refractivity contribution < 1.29 is 35.2 Å². The van der Waals surface area contributed by atoms with E-state index in [-0.39, 0.29) is 9.79 Å². The van der Waals surface area contributed by atoms with Crippen molar-refractivity contribution in [3.8, 4) is 0 Å². The van der Waals surface area contributed by atoms with Crippen LogP contribution in [0.1, 0.15) is 37.3 Å². The summed E-state index contributed by atoms with van der Waals surface area (Å²) in [5.74, 6) is 0. The Morgan fingerprint density at radius 2 is 1.11 bits per heavy atom. The van der Waals surface area contributed by atoms with Gasteiger partial charge < -0.3 is 5.11 Å². The summed E-state index contributed by atoms with van der Waals surface area (Å²) in [6, 6.07) is 18.7. The maximum Gasteiger partial charge on any atom is 0.183 e. The standard InChI is InChI=1S/C11H10ClNO3S2.C11H10ClNO2S2.C8H8O3S/c1-18(15,16)8-4-2-7(3-5-8)10(14)9-6-13-11(12)17-9;1-17(14,15)10-4-2-8(3-5-10)6-9-7-13-11(12)16-9;1-12(10,11)8-4-2-7(6-9)3-5-8/h2-6,10,14H,1H3;2-5,7H,6H2,1H3;2-6H,1H3. The van der Waals surface area contributed by atoms with E-state index in [4.69, 9.17) is 23.2 Å². The molecule has 0 radical (unpaired) electrons. The molecule has 0 amide bonds. The normalized spacial score (nSPS) is 12.2. The lowest BCUT2D eigenvalue weighted by Crippen LogP contribution is -2.00. The highest BCUT2D eigenvalue weighted by atomic mass is 35.5. The van der Waals surface area contributed by atoms with Gasteiger partial charge >= 0.3 is 0 Å². The van der Waals surface area contributed by atoms with Gasteiger partial charge in [0.2, 0.25) is 0 Å². The highest BCUT2D eigenvalue weighted by Gasteiger charge is 2.15. The maximum absolute atomic E-state index is 11.3. The van der Waals surface area contributed by atoms with Crippen molar-refractivity contribution in [2.45, 2.75) is 27.2 Å². The first-order valence-corrected chi connectivity index (χ1v) is 21.2. The molecule has 3 aromatic carbocycles. The van der Waals surface area contributed by atoms with Crippen LogP contribution in [-0.2, 0) is 35.9 Å². The molecule has 1 unspecified atom stereocenters. The number of sulfone groups is 3. The number of halogens is 2. The molecule has 0 aliphatic rings. The van der Waals surface area contributed by atoms with E-state index in [1.807, 2.05) is 12.1 Å². The molecule has 1 atom stereocenters. The van der Waals surface area contributed by atoms with Crippen LogP contribution >= 0.6 is 45.9 Å². The van der Waals surface area contributed by atoms with E-state index in [1.165, 1.54) is 71.5 Å². The summed E-state index contributed by atoms with van der Waals surface area (Å²) in [5.41, 5.74) is 2.11. The van der Waals surface area contributed by atoms with Crippen LogP contribution in [0.2, 0.25) is 8.93 Å². The van der Waals surface area contributed by atoms with E-state index in [9.17, 15) is 35.2 Å². The zero-order chi connectivity index (χ0) is 35.0. The highest BCUT2D eigenvalue weighted by Crippen LogP contribution is 2.29. The fourth-order valence-electron chi connectivity index (χ4n) is 3.67. The molecule has 0 aliphatic heterocycles. The van der Waals surface area contributed by atoms with Gasteiger partial charge in [0.05, 0.1) is 19.6 Å². The maximum atomic E-state index is 11.3. The third kappa shape index (κ3) is 12.2. The van der Waals surface area contributed by atoms with Crippen LogP contribution < -0.4 is 0 Å². The van der Waals surface area contributed by atoms with Crippen LogP contribution in [0.5, 0.6) is 0 Å². The molecule has 5 rings (SSSR count). The number of aromatic nitrogens is 2. The summed E-state index contributed by atoms with van der Waals surface area (Å²) in [6.07, 6.45) is 7.25. The van der Waals surface area contributed by atoms with Crippen molar-refractivity contribution in [2.75, 3.05) is 18.8 Å². The molecule has 0 fully saturated rings. The quantitative estimate of drug-likeness (QED) is 0.186. The van der Waals surface area contributed by atoms with E-state index >= 15 is 0 Å². The van der Waals surface area contributed by atoms with Gasteiger partial charge in [0.25, 0.3) is 0 Å². The summed E-state index contributed by atoms with van der Waals surface area (Å²) in [6.45, 7) is 0. The molecule has 0 bridgehead atoms. The van der Waals surface area contributed by atoms with Crippen molar-refractivity contribution in [2.24, 2.45) is 0 Å². The fourth-order valence-corrected chi connectivity index (χ4v) is 7.54. The molecule has 2 heterocycles. The number of aliphatic hydroxyl groups is 1. The number of benzene rings is 3. The molecular formula is C30H28Cl2N2O8S5. The monoisotopic (exact) mass is 774 g/mol. The third-order valence-corrected chi connectivity index (χ3v) is 11.8. The van der Waals surface area contributed by atoms with Crippen molar-refractivity contribution >= 4 is 81.7 Å². The lowest BCUT2D eigenvalue weighted by atomic mass is 10.1. The van der Waals surface area contributed by atoms with Gasteiger partial charge in [-0.15, -0.1) is 22.7 Å². The smallest absolute Gasteiger partial charge is 0.183 e. The molecule has 5 aromatic rings. The SMILES string of the molecule is CS(=O)(=O)c1ccc(C(O)c2cnc(Cl)s2)cc1.CS(=O)(=O)c1ccc(C=O)cc1.CS(=O)(=O)c1ccc(Cc2cnc(Cl)s2)cc1. The molecule has 17 heteroatoms. The molecule has 1 N–H and O–H groups in total. The number of aldehydes is 1. The molecule has 10 nitrogen and oxygen atoms in total. The lowest BCUT2D eigenvalue weighted by molar-refractivity contribution is 0.112. The first kappa shape index (κ1) is 38.4. The van der Waals surface area contributed by atoms with Gasteiger partial charge in [-0.05, 0) is 47.5 Å². The Morgan fingerprint density at radius 1 is 0.681 bits per heavy atom. The van der Waals surface area contributed by atoms with Crippen molar-refractivity contribution in [3.63, 3.8) is 0 Å². The minimum Gasteiger partial charge on any atom is -0.383 e. The number of aliphatic hydroxyl groups excluding tert-OH is 1. The summed E-state index contributed by atoms with van der Waals surface area (Å²) in [7, 11) is -9.48. The zero-order valence-electron chi connectivity index (χ0n) is 24.9. The zero-order valence-corrected chi connectivity index (χ0v) is 30.5. The van der Waals surface area contributed by atoms with Gasteiger partial charge in [-0.3, -0.25) is 4.79 Å². The number of carbonyl (C=O) groups excluding carboxylic acids is 1. The predicted octanol–water partition coefficient (Wildman–Crippen LogP) is 5.98. The summed E-state index contributed by atoms with van der Waals surface area (Å²) < 4.78 is 67.9. The van der Waals surface area contributed by atoms with Crippen LogP contribution in [0, 0.1) is 0 Å². The van der Waals surface area contributed by atoms with Gasteiger partial charge in [0.1, 0.15) is 12.4 Å². The van der Waals surface area contributed by atoms with Gasteiger partial charge in [0.15, 0.2) is 38.4 Å². The Hall–Kier alpha value is -3.02. The van der Waals surface area contributed by atoms with Crippen molar-refractivity contribution in [1.29, 1.82) is 0 Å². The lowest BCUT2D eigenvalue weighted by Gasteiger charge is -2.08. The average molecular weight is 776 g/mol. The Bertz CT molecular complexity index is 2130. The third-order valence-electron chi connectivity index (χ3n) is 6.09. The Balaban J connectivity index is 0.000000196. The van der Waals surface area contributed by atoms with E-state index in [0.717, 1.165) is 23.0 Å². The Labute approximate surface area is 291 Å². The Morgan fingerprint density at radius 3 is 1.49 bits per heavy atom. The fraction of sp³-hybridized carbons (Fsp3) is 0.167. The number of hydrogen-bond acceptors (Lipinski definition) is 12. The number of hydrogen-bond donors (Lipinski definition) is 1. The molecular weight excluding hydrogens is 748 g/mol. The molecule has 2 aromatic heterocycles. The second-order valence-corrected chi connectivity index (χ2v) is 19.3.